The number of aryl methyl sites for hydroxylation is 4. The second kappa shape index (κ2) is 8.00. The molecule has 0 radical (unpaired) electrons. The van der Waals surface area contributed by atoms with Gasteiger partial charge in [0.15, 0.2) is 5.17 Å². The summed E-state index contributed by atoms with van der Waals surface area (Å²) in [5, 5.41) is 3.50. The van der Waals surface area contributed by atoms with E-state index in [1.54, 1.807) is 0 Å². The molecule has 0 bridgehead atoms. The van der Waals surface area contributed by atoms with Crippen LogP contribution >= 0.6 is 11.8 Å². The van der Waals surface area contributed by atoms with E-state index in [0.29, 0.717) is 10.1 Å². The van der Waals surface area contributed by atoms with Crippen molar-refractivity contribution < 1.29 is 4.79 Å². The number of amidine groups is 1. The zero-order chi connectivity index (χ0) is 21.4. The van der Waals surface area contributed by atoms with Crippen molar-refractivity contribution in [1.82, 2.24) is 9.88 Å². The van der Waals surface area contributed by atoms with Crippen LogP contribution < -0.4 is 5.32 Å². The average molecular weight is 416 g/mol. The van der Waals surface area contributed by atoms with E-state index in [0.717, 1.165) is 28.3 Å². The summed E-state index contributed by atoms with van der Waals surface area (Å²) in [4.78, 5) is 17.8. The van der Waals surface area contributed by atoms with Gasteiger partial charge >= 0.3 is 0 Å². The van der Waals surface area contributed by atoms with Gasteiger partial charge in [0, 0.05) is 17.1 Å². The maximum Gasteiger partial charge on any atom is 0.264 e. The van der Waals surface area contributed by atoms with E-state index >= 15 is 0 Å². The number of carbonyl (C=O) groups is 1. The fourth-order valence-electron chi connectivity index (χ4n) is 3.56. The molecule has 1 aromatic heterocycles. The van der Waals surface area contributed by atoms with Crippen molar-refractivity contribution in [3.05, 3.63) is 87.1 Å². The number of hydrogen-bond acceptors (Lipinski definition) is 3. The standard InChI is InChI=1S/C25H25N3OS/c1-15-6-10-22(11-7-15)28-18(4)13-20(19(28)5)14-23-24(29)27-25(30-23)26-21-9-8-16(2)17(3)12-21/h6-14H,1-5H3,(H,26,27,29)/b23-14-. The second-order valence-corrected chi connectivity index (χ2v) is 8.78. The molecule has 4 rings (SSSR count). The molecular weight excluding hydrogens is 390 g/mol. The lowest BCUT2D eigenvalue weighted by Gasteiger charge is -2.10. The molecule has 0 unspecified atom stereocenters. The lowest BCUT2D eigenvalue weighted by Crippen LogP contribution is -2.19. The van der Waals surface area contributed by atoms with E-state index in [4.69, 9.17) is 0 Å². The first-order chi connectivity index (χ1) is 14.3. The maximum atomic E-state index is 12.5. The van der Waals surface area contributed by atoms with Crippen molar-refractivity contribution >= 4 is 34.6 Å². The smallest absolute Gasteiger partial charge is 0.264 e. The molecule has 1 aliphatic heterocycles. The number of amides is 1. The molecule has 1 amide bonds. The highest BCUT2D eigenvalue weighted by Gasteiger charge is 2.24. The monoisotopic (exact) mass is 415 g/mol. The summed E-state index contributed by atoms with van der Waals surface area (Å²) in [6.45, 7) is 10.4. The number of rotatable bonds is 3. The van der Waals surface area contributed by atoms with Gasteiger partial charge in [-0.2, -0.15) is 0 Å². The fraction of sp³-hybridized carbons (Fsp3) is 0.200. The Morgan fingerprint density at radius 3 is 2.37 bits per heavy atom. The van der Waals surface area contributed by atoms with Gasteiger partial charge in [0.2, 0.25) is 0 Å². The van der Waals surface area contributed by atoms with E-state index in [1.807, 2.05) is 24.3 Å². The van der Waals surface area contributed by atoms with Crippen molar-refractivity contribution in [2.45, 2.75) is 34.6 Å². The molecule has 0 saturated carbocycles. The Bertz CT molecular complexity index is 1200. The number of thioether (sulfide) groups is 1. The van der Waals surface area contributed by atoms with Crippen molar-refractivity contribution in [3.63, 3.8) is 0 Å². The van der Waals surface area contributed by atoms with Crippen LogP contribution in [0.3, 0.4) is 0 Å². The second-order valence-electron chi connectivity index (χ2n) is 7.75. The number of aromatic nitrogens is 1. The molecule has 1 N–H and O–H groups in total. The predicted molar refractivity (Wildman–Crippen MR) is 127 cm³/mol. The van der Waals surface area contributed by atoms with E-state index < -0.39 is 0 Å². The van der Waals surface area contributed by atoms with Crippen LogP contribution in [0.2, 0.25) is 0 Å². The van der Waals surface area contributed by atoms with Gasteiger partial charge in [-0.15, -0.1) is 0 Å². The Morgan fingerprint density at radius 1 is 0.933 bits per heavy atom. The van der Waals surface area contributed by atoms with Gasteiger partial charge in [0.05, 0.1) is 10.6 Å². The summed E-state index contributed by atoms with van der Waals surface area (Å²) >= 11 is 1.38. The van der Waals surface area contributed by atoms with E-state index in [9.17, 15) is 4.79 Å². The van der Waals surface area contributed by atoms with Gasteiger partial charge in [-0.3, -0.25) is 4.79 Å². The van der Waals surface area contributed by atoms with Crippen LogP contribution in [-0.4, -0.2) is 15.6 Å². The summed E-state index contributed by atoms with van der Waals surface area (Å²) in [6, 6.07) is 16.6. The zero-order valence-electron chi connectivity index (χ0n) is 17.9. The van der Waals surface area contributed by atoms with Crippen molar-refractivity contribution in [1.29, 1.82) is 0 Å². The van der Waals surface area contributed by atoms with Crippen LogP contribution in [0.5, 0.6) is 0 Å². The van der Waals surface area contributed by atoms with Crippen LogP contribution in [0.4, 0.5) is 5.69 Å². The summed E-state index contributed by atoms with van der Waals surface area (Å²) in [6.07, 6.45) is 1.95. The van der Waals surface area contributed by atoms with Crippen molar-refractivity contribution in [3.8, 4) is 5.69 Å². The minimum absolute atomic E-state index is 0.109. The lowest BCUT2D eigenvalue weighted by molar-refractivity contribution is -0.115. The van der Waals surface area contributed by atoms with Gasteiger partial charge in [-0.25, -0.2) is 4.99 Å². The predicted octanol–water partition coefficient (Wildman–Crippen LogP) is 5.91. The van der Waals surface area contributed by atoms with Gasteiger partial charge < -0.3 is 9.88 Å². The van der Waals surface area contributed by atoms with Crippen molar-refractivity contribution in [2.75, 3.05) is 0 Å². The zero-order valence-corrected chi connectivity index (χ0v) is 18.7. The Balaban J connectivity index is 1.63. The Hall–Kier alpha value is -3.05. The summed E-state index contributed by atoms with van der Waals surface area (Å²) < 4.78 is 2.22. The molecule has 1 aliphatic rings. The third-order valence-corrected chi connectivity index (χ3v) is 6.33. The van der Waals surface area contributed by atoms with E-state index in [1.165, 1.54) is 28.5 Å². The fourth-order valence-corrected chi connectivity index (χ4v) is 4.39. The minimum Gasteiger partial charge on any atom is -0.318 e. The molecule has 4 nitrogen and oxygen atoms in total. The van der Waals surface area contributed by atoms with Crippen LogP contribution in [0.15, 0.2) is 58.4 Å². The molecule has 152 valence electrons. The molecule has 2 heterocycles. The quantitative estimate of drug-likeness (QED) is 0.541. The molecule has 3 aromatic rings. The first-order valence-corrected chi connectivity index (χ1v) is 10.8. The highest BCUT2D eigenvalue weighted by atomic mass is 32.2. The Labute approximate surface area is 181 Å². The SMILES string of the molecule is Cc1ccc(-n2c(C)cc(/C=C3\SC(=Nc4ccc(C)c(C)c4)NC3=O)c2C)cc1. The molecule has 30 heavy (non-hydrogen) atoms. The summed E-state index contributed by atoms with van der Waals surface area (Å²) in [5.74, 6) is -0.109. The first kappa shape index (κ1) is 20.2. The third-order valence-electron chi connectivity index (χ3n) is 5.42. The van der Waals surface area contributed by atoms with Crippen LogP contribution in [-0.2, 0) is 4.79 Å². The van der Waals surface area contributed by atoms with E-state index in [-0.39, 0.29) is 5.91 Å². The summed E-state index contributed by atoms with van der Waals surface area (Å²) in [7, 11) is 0. The first-order valence-electron chi connectivity index (χ1n) is 9.94. The van der Waals surface area contributed by atoms with Gasteiger partial charge in [-0.1, -0.05) is 23.8 Å². The normalized spacial score (nSPS) is 16.5. The molecule has 0 spiro atoms. The molecule has 5 heteroatoms. The summed E-state index contributed by atoms with van der Waals surface area (Å²) in [5.41, 5.74) is 8.90. The number of benzene rings is 2. The maximum absolute atomic E-state index is 12.5. The average Bonchev–Trinajstić information content (AvgIpc) is 3.18. The molecule has 1 saturated heterocycles. The highest BCUT2D eigenvalue weighted by molar-refractivity contribution is 8.18. The van der Waals surface area contributed by atoms with Crippen molar-refractivity contribution in [2.24, 2.45) is 4.99 Å². The van der Waals surface area contributed by atoms with Crippen LogP contribution in [0, 0.1) is 34.6 Å². The highest BCUT2D eigenvalue weighted by Crippen LogP contribution is 2.31. The minimum atomic E-state index is -0.109. The molecule has 1 fully saturated rings. The molecule has 2 aromatic carbocycles. The number of carbonyl (C=O) groups excluding carboxylic acids is 1. The van der Waals surface area contributed by atoms with Gasteiger partial charge in [-0.05, 0) is 99.5 Å². The largest absolute Gasteiger partial charge is 0.318 e. The number of nitrogens with one attached hydrogen (secondary N) is 1. The van der Waals surface area contributed by atoms with E-state index in [2.05, 4.69) is 79.8 Å². The molecule has 0 atom stereocenters. The number of hydrogen-bond donors (Lipinski definition) is 1. The number of aliphatic imine (C=N–C) groups is 1. The van der Waals surface area contributed by atoms with Gasteiger partial charge in [0.1, 0.15) is 0 Å². The number of nitrogens with zero attached hydrogens (tertiary/aromatic N) is 2. The molecular formula is C25H25N3OS. The van der Waals surface area contributed by atoms with Crippen LogP contribution in [0.25, 0.3) is 11.8 Å². The molecule has 0 aliphatic carbocycles. The van der Waals surface area contributed by atoms with Crippen LogP contribution in [0.1, 0.15) is 33.6 Å². The Kier molecular flexibility index (Phi) is 5.39. The third kappa shape index (κ3) is 3.98. The topological polar surface area (TPSA) is 46.4 Å². The Morgan fingerprint density at radius 2 is 1.67 bits per heavy atom. The van der Waals surface area contributed by atoms with Gasteiger partial charge in [0.25, 0.3) is 5.91 Å². The lowest BCUT2D eigenvalue weighted by atomic mass is 10.1.